The van der Waals surface area contributed by atoms with Gasteiger partial charge in [0.1, 0.15) is 6.26 Å². The molecule has 6 heteroatoms. The second-order valence-electron chi connectivity index (χ2n) is 6.76. The highest BCUT2D eigenvalue weighted by Gasteiger charge is 2.26. The summed E-state index contributed by atoms with van der Waals surface area (Å²) in [5.74, 6) is 1.17. The highest BCUT2D eigenvalue weighted by atomic mass is 16.5. The zero-order valence-corrected chi connectivity index (χ0v) is 14.8. The number of oxazole rings is 1. The minimum Gasteiger partial charge on any atom is -0.445 e. The summed E-state index contributed by atoms with van der Waals surface area (Å²) in [6, 6.07) is 7.39. The van der Waals surface area contributed by atoms with Gasteiger partial charge in [-0.25, -0.2) is 9.78 Å². The summed E-state index contributed by atoms with van der Waals surface area (Å²) in [7, 11) is 0. The molecule has 1 atom stereocenters. The highest BCUT2D eigenvalue weighted by Crippen LogP contribution is 2.22. The Labute approximate surface area is 148 Å². The summed E-state index contributed by atoms with van der Waals surface area (Å²) >= 11 is 0. The molecule has 1 fully saturated rings. The van der Waals surface area contributed by atoms with Gasteiger partial charge in [0.05, 0.1) is 12.3 Å². The Morgan fingerprint density at radius 2 is 2.36 bits per heavy atom. The van der Waals surface area contributed by atoms with Gasteiger partial charge in [0.15, 0.2) is 0 Å². The molecule has 0 radical (unpaired) electrons. The Balaban J connectivity index is 1.52. The lowest BCUT2D eigenvalue weighted by atomic mass is 10.1. The van der Waals surface area contributed by atoms with Crippen molar-refractivity contribution in [3.05, 3.63) is 36.7 Å². The molecule has 1 aliphatic heterocycles. The smallest absolute Gasteiger partial charge is 0.321 e. The van der Waals surface area contributed by atoms with Crippen LogP contribution in [0.1, 0.15) is 26.7 Å². The van der Waals surface area contributed by atoms with Crippen LogP contribution in [0.25, 0.3) is 11.5 Å². The summed E-state index contributed by atoms with van der Waals surface area (Å²) < 4.78 is 11.2. The van der Waals surface area contributed by atoms with Gasteiger partial charge in [-0.15, -0.1) is 0 Å². The molecule has 3 rings (SSSR count). The summed E-state index contributed by atoms with van der Waals surface area (Å²) in [6.45, 7) is 6.49. The number of carbonyl (C=O) groups is 1. The molecule has 2 amide bonds. The molecule has 134 valence electrons. The molecule has 1 saturated heterocycles. The summed E-state index contributed by atoms with van der Waals surface area (Å²) in [5, 5.41) is 2.94. The number of urea groups is 1. The number of likely N-dealkylation sites (tertiary alicyclic amines) is 1. The zero-order chi connectivity index (χ0) is 17.6. The molecular weight excluding hydrogens is 318 g/mol. The fourth-order valence-electron chi connectivity index (χ4n) is 2.82. The molecule has 0 bridgehead atoms. The number of nitrogens with one attached hydrogen (secondary N) is 1. The standard InChI is InChI=1S/C19H25N3O3/c1-14(2)7-10-24-17-6-9-22(13-17)19(23)21-16-5-3-4-15(12-16)18-20-8-11-25-18/h3-5,8,11-12,14,17H,6-7,9-10,13H2,1-2H3,(H,21,23). The van der Waals surface area contributed by atoms with Crippen molar-refractivity contribution < 1.29 is 13.9 Å². The molecule has 25 heavy (non-hydrogen) atoms. The molecule has 0 aliphatic carbocycles. The number of benzene rings is 1. The van der Waals surface area contributed by atoms with Gasteiger partial charge in [0.2, 0.25) is 5.89 Å². The average Bonchev–Trinajstić information content (AvgIpc) is 3.27. The lowest BCUT2D eigenvalue weighted by molar-refractivity contribution is 0.0547. The Kier molecular flexibility index (Phi) is 5.71. The van der Waals surface area contributed by atoms with Crippen LogP contribution in [0.2, 0.25) is 0 Å². The van der Waals surface area contributed by atoms with Gasteiger partial charge in [0, 0.05) is 30.9 Å². The molecule has 1 aromatic carbocycles. The minimum atomic E-state index is -0.0977. The number of ether oxygens (including phenoxy) is 1. The first-order chi connectivity index (χ1) is 12.1. The van der Waals surface area contributed by atoms with E-state index < -0.39 is 0 Å². The molecule has 6 nitrogen and oxygen atoms in total. The van der Waals surface area contributed by atoms with E-state index in [9.17, 15) is 4.79 Å². The SMILES string of the molecule is CC(C)CCOC1CCN(C(=O)Nc2cccc(-c3ncco3)c2)C1. The van der Waals surface area contributed by atoms with Crippen molar-refractivity contribution in [3.8, 4) is 11.5 Å². The van der Waals surface area contributed by atoms with Crippen LogP contribution in [0, 0.1) is 5.92 Å². The topological polar surface area (TPSA) is 67.6 Å². The van der Waals surface area contributed by atoms with Crippen LogP contribution >= 0.6 is 0 Å². The Morgan fingerprint density at radius 1 is 1.48 bits per heavy atom. The fourth-order valence-corrected chi connectivity index (χ4v) is 2.82. The van der Waals surface area contributed by atoms with Gasteiger partial charge < -0.3 is 19.4 Å². The maximum Gasteiger partial charge on any atom is 0.321 e. The number of carbonyl (C=O) groups excluding carboxylic acids is 1. The van der Waals surface area contributed by atoms with E-state index in [1.807, 2.05) is 24.3 Å². The molecular formula is C19H25N3O3. The first-order valence-electron chi connectivity index (χ1n) is 8.79. The molecule has 1 N–H and O–H groups in total. The summed E-state index contributed by atoms with van der Waals surface area (Å²) in [5.41, 5.74) is 1.56. The molecule has 0 spiro atoms. The zero-order valence-electron chi connectivity index (χ0n) is 14.8. The van der Waals surface area contributed by atoms with Gasteiger partial charge in [-0.2, -0.15) is 0 Å². The first kappa shape index (κ1) is 17.5. The predicted molar refractivity (Wildman–Crippen MR) is 96.3 cm³/mol. The van der Waals surface area contributed by atoms with Gasteiger partial charge in [-0.1, -0.05) is 19.9 Å². The van der Waals surface area contributed by atoms with Crippen molar-refractivity contribution in [1.29, 1.82) is 0 Å². The second kappa shape index (κ2) is 8.16. The number of anilines is 1. The Morgan fingerprint density at radius 3 is 3.12 bits per heavy atom. The molecule has 2 heterocycles. The third-order valence-electron chi connectivity index (χ3n) is 4.27. The number of hydrogen-bond acceptors (Lipinski definition) is 4. The average molecular weight is 343 g/mol. The predicted octanol–water partition coefficient (Wildman–Crippen LogP) is 4.01. The molecule has 0 saturated carbocycles. The van der Waals surface area contributed by atoms with E-state index >= 15 is 0 Å². The van der Waals surface area contributed by atoms with Crippen molar-refractivity contribution in [3.63, 3.8) is 0 Å². The van der Waals surface area contributed by atoms with Crippen LogP contribution in [0.5, 0.6) is 0 Å². The van der Waals surface area contributed by atoms with Crippen molar-refractivity contribution >= 4 is 11.7 Å². The Hall–Kier alpha value is -2.34. The number of aromatic nitrogens is 1. The minimum absolute atomic E-state index is 0.0977. The summed E-state index contributed by atoms with van der Waals surface area (Å²) in [6.07, 6.45) is 5.22. The summed E-state index contributed by atoms with van der Waals surface area (Å²) in [4.78, 5) is 18.4. The van der Waals surface area contributed by atoms with Gasteiger partial charge in [-0.3, -0.25) is 0 Å². The van der Waals surface area contributed by atoms with Gasteiger partial charge in [0.25, 0.3) is 0 Å². The van der Waals surface area contributed by atoms with E-state index in [4.69, 9.17) is 9.15 Å². The van der Waals surface area contributed by atoms with Crippen LogP contribution in [0.15, 0.2) is 41.1 Å². The van der Waals surface area contributed by atoms with Crippen LogP contribution in [0.4, 0.5) is 10.5 Å². The highest BCUT2D eigenvalue weighted by molar-refractivity contribution is 5.90. The van der Waals surface area contributed by atoms with E-state index in [2.05, 4.69) is 24.1 Å². The lowest BCUT2D eigenvalue weighted by Gasteiger charge is -2.18. The number of nitrogens with zero attached hydrogens (tertiary/aromatic N) is 2. The van der Waals surface area contributed by atoms with Crippen LogP contribution in [-0.4, -0.2) is 41.7 Å². The van der Waals surface area contributed by atoms with E-state index in [0.717, 1.165) is 37.2 Å². The third-order valence-corrected chi connectivity index (χ3v) is 4.27. The Bertz CT molecular complexity index is 685. The van der Waals surface area contributed by atoms with Gasteiger partial charge in [-0.05, 0) is 37.0 Å². The fraction of sp³-hybridized carbons (Fsp3) is 0.474. The van der Waals surface area contributed by atoms with E-state index in [1.54, 1.807) is 11.1 Å². The quantitative estimate of drug-likeness (QED) is 0.860. The molecule has 1 unspecified atom stereocenters. The first-order valence-corrected chi connectivity index (χ1v) is 8.79. The number of amides is 2. The van der Waals surface area contributed by atoms with E-state index in [-0.39, 0.29) is 12.1 Å². The molecule has 1 aromatic heterocycles. The normalized spacial score (nSPS) is 17.2. The molecule has 2 aromatic rings. The van der Waals surface area contributed by atoms with Crippen LogP contribution in [0.3, 0.4) is 0 Å². The van der Waals surface area contributed by atoms with Crippen molar-refractivity contribution in [2.24, 2.45) is 5.92 Å². The molecule has 1 aliphatic rings. The van der Waals surface area contributed by atoms with E-state index in [0.29, 0.717) is 18.4 Å². The van der Waals surface area contributed by atoms with Crippen molar-refractivity contribution in [1.82, 2.24) is 9.88 Å². The maximum atomic E-state index is 12.5. The largest absolute Gasteiger partial charge is 0.445 e. The van der Waals surface area contributed by atoms with Crippen molar-refractivity contribution in [2.75, 3.05) is 25.0 Å². The number of rotatable bonds is 6. The van der Waals surface area contributed by atoms with E-state index in [1.165, 1.54) is 6.26 Å². The van der Waals surface area contributed by atoms with Crippen LogP contribution < -0.4 is 5.32 Å². The monoisotopic (exact) mass is 343 g/mol. The maximum absolute atomic E-state index is 12.5. The number of hydrogen-bond donors (Lipinski definition) is 1. The van der Waals surface area contributed by atoms with Gasteiger partial charge >= 0.3 is 6.03 Å². The lowest BCUT2D eigenvalue weighted by Crippen LogP contribution is -2.34. The van der Waals surface area contributed by atoms with Crippen LogP contribution in [-0.2, 0) is 4.74 Å². The third kappa shape index (κ3) is 4.82. The second-order valence-corrected chi connectivity index (χ2v) is 6.76. The van der Waals surface area contributed by atoms with Crippen molar-refractivity contribution in [2.45, 2.75) is 32.8 Å².